The first kappa shape index (κ1) is 16.0. The minimum absolute atomic E-state index is 0.0413. The minimum atomic E-state index is -0.367. The standard InChI is InChI=1S/C15H22N2O3S/c1-9(2)4-5-12(18)17-14-13(15(19)20-3)10-6-7-16-8-11(10)21-14/h9,16H,4-8H2,1-3H3,(H,17,18). The van der Waals surface area contributed by atoms with Gasteiger partial charge in [-0.3, -0.25) is 4.79 Å². The predicted molar refractivity (Wildman–Crippen MR) is 83.8 cm³/mol. The van der Waals surface area contributed by atoms with Crippen LogP contribution in [-0.2, 0) is 22.5 Å². The number of thiophene rings is 1. The van der Waals surface area contributed by atoms with Gasteiger partial charge in [0.25, 0.3) is 0 Å². The molecule has 0 radical (unpaired) electrons. The molecule has 2 heterocycles. The average molecular weight is 310 g/mol. The van der Waals surface area contributed by atoms with Crippen molar-refractivity contribution >= 4 is 28.2 Å². The van der Waals surface area contributed by atoms with E-state index < -0.39 is 0 Å². The molecule has 0 unspecified atom stereocenters. The molecular formula is C15H22N2O3S. The molecule has 0 aromatic carbocycles. The Morgan fingerprint density at radius 3 is 2.86 bits per heavy atom. The highest BCUT2D eigenvalue weighted by Crippen LogP contribution is 2.36. The van der Waals surface area contributed by atoms with Gasteiger partial charge in [-0.1, -0.05) is 13.8 Å². The van der Waals surface area contributed by atoms with E-state index >= 15 is 0 Å². The zero-order valence-corrected chi connectivity index (χ0v) is 13.6. The summed E-state index contributed by atoms with van der Waals surface area (Å²) in [5, 5.41) is 6.80. The molecule has 0 aliphatic carbocycles. The molecule has 1 amide bonds. The predicted octanol–water partition coefficient (Wildman–Crippen LogP) is 2.56. The highest BCUT2D eigenvalue weighted by molar-refractivity contribution is 7.17. The molecule has 0 fully saturated rings. The number of hydrogen-bond acceptors (Lipinski definition) is 5. The zero-order chi connectivity index (χ0) is 15.4. The average Bonchev–Trinajstić information content (AvgIpc) is 2.82. The number of carbonyl (C=O) groups excluding carboxylic acids is 2. The quantitative estimate of drug-likeness (QED) is 0.820. The Morgan fingerprint density at radius 2 is 2.19 bits per heavy atom. The summed E-state index contributed by atoms with van der Waals surface area (Å²) >= 11 is 1.47. The molecule has 1 aliphatic rings. The second-order valence-electron chi connectivity index (χ2n) is 5.61. The Bertz CT molecular complexity index is 537. The number of esters is 1. The van der Waals surface area contributed by atoms with Crippen LogP contribution < -0.4 is 10.6 Å². The van der Waals surface area contributed by atoms with Gasteiger partial charge in [-0.05, 0) is 30.9 Å². The lowest BCUT2D eigenvalue weighted by Crippen LogP contribution is -2.23. The summed E-state index contributed by atoms with van der Waals surface area (Å²) in [5.41, 5.74) is 1.56. The van der Waals surface area contributed by atoms with E-state index in [0.29, 0.717) is 22.9 Å². The second-order valence-corrected chi connectivity index (χ2v) is 6.71. The maximum Gasteiger partial charge on any atom is 0.341 e. The Kier molecular flexibility index (Phi) is 5.36. The van der Waals surface area contributed by atoms with Crippen molar-refractivity contribution in [2.45, 2.75) is 39.7 Å². The zero-order valence-electron chi connectivity index (χ0n) is 12.7. The summed E-state index contributed by atoms with van der Waals surface area (Å²) in [4.78, 5) is 25.2. The van der Waals surface area contributed by atoms with Crippen molar-refractivity contribution in [1.29, 1.82) is 0 Å². The van der Waals surface area contributed by atoms with Crippen LogP contribution >= 0.6 is 11.3 Å². The highest BCUT2D eigenvalue weighted by Gasteiger charge is 2.26. The molecule has 1 aromatic rings. The summed E-state index contributed by atoms with van der Waals surface area (Å²) in [7, 11) is 1.37. The van der Waals surface area contributed by atoms with Crippen LogP contribution in [0.3, 0.4) is 0 Å². The summed E-state index contributed by atoms with van der Waals surface area (Å²) in [6, 6.07) is 0. The van der Waals surface area contributed by atoms with Crippen LogP contribution in [0.4, 0.5) is 5.00 Å². The van der Waals surface area contributed by atoms with Crippen molar-refractivity contribution in [3.63, 3.8) is 0 Å². The molecule has 0 saturated carbocycles. The first-order valence-corrected chi connectivity index (χ1v) is 8.08. The summed E-state index contributed by atoms with van der Waals surface area (Å²) < 4.78 is 4.88. The van der Waals surface area contributed by atoms with Gasteiger partial charge >= 0.3 is 5.97 Å². The third-order valence-corrected chi connectivity index (χ3v) is 4.67. The number of methoxy groups -OCH3 is 1. The summed E-state index contributed by atoms with van der Waals surface area (Å²) in [5.74, 6) is 0.0746. The molecule has 2 N–H and O–H groups in total. The SMILES string of the molecule is COC(=O)c1c(NC(=O)CCC(C)C)sc2c1CCNC2. The third-order valence-electron chi connectivity index (χ3n) is 3.52. The van der Waals surface area contributed by atoms with E-state index in [2.05, 4.69) is 24.5 Å². The fourth-order valence-electron chi connectivity index (χ4n) is 2.35. The Morgan fingerprint density at radius 1 is 1.43 bits per heavy atom. The van der Waals surface area contributed by atoms with E-state index in [4.69, 9.17) is 4.74 Å². The highest BCUT2D eigenvalue weighted by atomic mass is 32.1. The van der Waals surface area contributed by atoms with Crippen LogP contribution in [0, 0.1) is 5.92 Å². The number of hydrogen-bond donors (Lipinski definition) is 2. The van der Waals surface area contributed by atoms with Gasteiger partial charge in [0, 0.05) is 17.8 Å². The molecule has 0 saturated heterocycles. The van der Waals surface area contributed by atoms with Gasteiger partial charge in [0.15, 0.2) is 0 Å². The Hall–Kier alpha value is -1.40. The van der Waals surface area contributed by atoms with Gasteiger partial charge in [0.1, 0.15) is 5.00 Å². The molecule has 6 heteroatoms. The molecular weight excluding hydrogens is 288 g/mol. The van der Waals surface area contributed by atoms with Crippen molar-refractivity contribution < 1.29 is 14.3 Å². The van der Waals surface area contributed by atoms with Crippen LogP contribution in [0.1, 0.15) is 47.5 Å². The maximum absolute atomic E-state index is 12.0. The van der Waals surface area contributed by atoms with Gasteiger partial charge in [0.2, 0.25) is 5.91 Å². The third kappa shape index (κ3) is 3.83. The van der Waals surface area contributed by atoms with Crippen LogP contribution in [0.25, 0.3) is 0 Å². The molecule has 2 rings (SSSR count). The van der Waals surface area contributed by atoms with Gasteiger partial charge in [-0.25, -0.2) is 4.79 Å². The lowest BCUT2D eigenvalue weighted by atomic mass is 10.0. The number of anilines is 1. The monoisotopic (exact) mass is 310 g/mol. The van der Waals surface area contributed by atoms with Gasteiger partial charge in [0.05, 0.1) is 12.7 Å². The number of rotatable bonds is 5. The van der Waals surface area contributed by atoms with E-state index in [1.54, 1.807) is 0 Å². The number of carbonyl (C=O) groups is 2. The molecule has 0 bridgehead atoms. The largest absolute Gasteiger partial charge is 0.465 e. The van der Waals surface area contributed by atoms with Crippen molar-refractivity contribution in [1.82, 2.24) is 5.32 Å². The van der Waals surface area contributed by atoms with Crippen LogP contribution in [0.15, 0.2) is 0 Å². The Balaban J connectivity index is 2.20. The van der Waals surface area contributed by atoms with Gasteiger partial charge in [-0.2, -0.15) is 0 Å². The molecule has 1 aromatic heterocycles. The normalized spacial score (nSPS) is 13.9. The number of ether oxygens (including phenoxy) is 1. The Labute approximate surface area is 129 Å². The van der Waals surface area contributed by atoms with Crippen LogP contribution in [-0.4, -0.2) is 25.5 Å². The minimum Gasteiger partial charge on any atom is -0.465 e. The summed E-state index contributed by atoms with van der Waals surface area (Å²) in [6.07, 6.45) is 2.10. The van der Waals surface area contributed by atoms with E-state index in [-0.39, 0.29) is 11.9 Å². The van der Waals surface area contributed by atoms with Gasteiger partial charge in [-0.15, -0.1) is 11.3 Å². The number of amides is 1. The first-order chi connectivity index (χ1) is 10.0. The number of fused-ring (bicyclic) bond motifs is 1. The molecule has 5 nitrogen and oxygen atoms in total. The maximum atomic E-state index is 12.0. The van der Waals surface area contributed by atoms with Crippen LogP contribution in [0.2, 0.25) is 0 Å². The fourth-order valence-corrected chi connectivity index (χ4v) is 3.57. The van der Waals surface area contributed by atoms with E-state index in [1.807, 2.05) is 0 Å². The fraction of sp³-hybridized carbons (Fsp3) is 0.600. The summed E-state index contributed by atoms with van der Waals surface area (Å²) in [6.45, 7) is 5.76. The van der Waals surface area contributed by atoms with E-state index in [0.717, 1.165) is 36.4 Å². The molecule has 116 valence electrons. The first-order valence-electron chi connectivity index (χ1n) is 7.26. The van der Waals surface area contributed by atoms with E-state index in [9.17, 15) is 9.59 Å². The molecule has 21 heavy (non-hydrogen) atoms. The molecule has 0 spiro atoms. The van der Waals surface area contributed by atoms with Crippen molar-refractivity contribution in [3.05, 3.63) is 16.0 Å². The van der Waals surface area contributed by atoms with E-state index in [1.165, 1.54) is 18.4 Å². The second kappa shape index (κ2) is 7.04. The van der Waals surface area contributed by atoms with Crippen molar-refractivity contribution in [3.8, 4) is 0 Å². The van der Waals surface area contributed by atoms with Crippen molar-refractivity contribution in [2.75, 3.05) is 19.0 Å². The van der Waals surface area contributed by atoms with Crippen molar-refractivity contribution in [2.24, 2.45) is 5.92 Å². The van der Waals surface area contributed by atoms with Crippen LogP contribution in [0.5, 0.6) is 0 Å². The molecule has 0 atom stereocenters. The topological polar surface area (TPSA) is 67.4 Å². The number of nitrogens with one attached hydrogen (secondary N) is 2. The lowest BCUT2D eigenvalue weighted by molar-refractivity contribution is -0.116. The smallest absolute Gasteiger partial charge is 0.341 e. The lowest BCUT2D eigenvalue weighted by Gasteiger charge is -2.13. The molecule has 1 aliphatic heterocycles. The van der Waals surface area contributed by atoms with Gasteiger partial charge < -0.3 is 15.4 Å².